The molecule has 1 heterocycles. The summed E-state index contributed by atoms with van der Waals surface area (Å²) in [6, 6.07) is -2.20. The van der Waals surface area contributed by atoms with Gasteiger partial charge in [0.2, 0.25) is 5.91 Å². The third-order valence-electron chi connectivity index (χ3n) is 6.36. The van der Waals surface area contributed by atoms with Crippen LogP contribution in [0, 0.1) is 0 Å². The first-order valence-electron chi connectivity index (χ1n) is 11.8. The van der Waals surface area contributed by atoms with E-state index in [9.17, 15) is 14.4 Å². The molecule has 0 aromatic rings. The van der Waals surface area contributed by atoms with E-state index in [1.807, 2.05) is 0 Å². The summed E-state index contributed by atoms with van der Waals surface area (Å²) in [5.41, 5.74) is -0.721. The molecule has 0 bridgehead atoms. The smallest absolute Gasteiger partial charge is 0.408 e. The van der Waals surface area contributed by atoms with Crippen molar-refractivity contribution in [3.05, 3.63) is 25.3 Å². The highest BCUT2D eigenvalue weighted by molar-refractivity contribution is 6.74. The first-order chi connectivity index (χ1) is 15.5. The van der Waals surface area contributed by atoms with Crippen LogP contribution in [0.1, 0.15) is 60.8 Å². The molecule has 0 radical (unpaired) electrons. The Labute approximate surface area is 206 Å². The van der Waals surface area contributed by atoms with Gasteiger partial charge in [-0.15, -0.1) is 13.2 Å². The quantitative estimate of drug-likeness (QED) is 0.286. The Balaban J connectivity index is 3.36. The molecule has 1 unspecified atom stereocenters. The zero-order valence-corrected chi connectivity index (χ0v) is 23.4. The van der Waals surface area contributed by atoms with Gasteiger partial charge in [-0.05, 0) is 51.7 Å². The molecule has 1 N–H and O–H groups in total. The lowest BCUT2D eigenvalue weighted by atomic mass is 10.1. The number of rotatable bonds is 9. The normalized spacial score (nSPS) is 22.0. The van der Waals surface area contributed by atoms with Crippen molar-refractivity contribution in [2.24, 2.45) is 0 Å². The summed E-state index contributed by atoms with van der Waals surface area (Å²) in [5.74, 6) is -0.923. The van der Waals surface area contributed by atoms with E-state index in [1.165, 1.54) is 12.0 Å². The monoisotopic (exact) mass is 496 g/mol. The van der Waals surface area contributed by atoms with Gasteiger partial charge in [-0.3, -0.25) is 4.79 Å². The molecule has 1 aliphatic rings. The number of carbonyl (C=O) groups is 3. The second-order valence-electron chi connectivity index (χ2n) is 11.3. The number of hydrogen-bond acceptors (Lipinski definition) is 6. The van der Waals surface area contributed by atoms with Gasteiger partial charge in [-0.2, -0.15) is 0 Å². The molecule has 0 aromatic carbocycles. The number of methoxy groups -OCH3 is 1. The first kappa shape index (κ1) is 29.9. The van der Waals surface area contributed by atoms with Gasteiger partial charge in [0.05, 0.1) is 19.3 Å². The summed E-state index contributed by atoms with van der Waals surface area (Å²) in [6.07, 6.45) is 3.12. The number of amides is 2. The van der Waals surface area contributed by atoms with Crippen LogP contribution in [0.2, 0.25) is 18.1 Å². The number of carbonyl (C=O) groups excluding carboxylic acids is 3. The van der Waals surface area contributed by atoms with E-state index in [1.54, 1.807) is 32.9 Å². The van der Waals surface area contributed by atoms with Gasteiger partial charge in [0.1, 0.15) is 17.7 Å². The zero-order valence-electron chi connectivity index (χ0n) is 22.4. The number of nitrogens with zero attached hydrogens (tertiary/aromatic N) is 1. The van der Waals surface area contributed by atoms with Crippen molar-refractivity contribution in [3.8, 4) is 0 Å². The Morgan fingerprint density at radius 3 is 2.15 bits per heavy atom. The molecule has 9 heteroatoms. The Hall–Kier alpha value is -2.13. The molecule has 0 aromatic heterocycles. The van der Waals surface area contributed by atoms with Gasteiger partial charge in [0.15, 0.2) is 8.32 Å². The summed E-state index contributed by atoms with van der Waals surface area (Å²) < 4.78 is 17.1. The molecule has 1 fully saturated rings. The van der Waals surface area contributed by atoms with Crippen LogP contribution in [-0.4, -0.2) is 68.1 Å². The number of esters is 1. The zero-order chi connectivity index (χ0) is 26.5. The maximum Gasteiger partial charge on any atom is 0.408 e. The minimum absolute atomic E-state index is 0.0481. The van der Waals surface area contributed by atoms with Gasteiger partial charge in [0, 0.05) is 6.42 Å². The Bertz CT molecular complexity index is 768. The molecular formula is C25H44N2O6Si. The highest BCUT2D eigenvalue weighted by Crippen LogP contribution is 2.41. The summed E-state index contributed by atoms with van der Waals surface area (Å²) in [6.45, 7) is 23.5. The second kappa shape index (κ2) is 11.5. The molecular weight excluding hydrogens is 452 g/mol. The Kier molecular flexibility index (Phi) is 10.1. The van der Waals surface area contributed by atoms with E-state index >= 15 is 0 Å². The first-order valence-corrected chi connectivity index (χ1v) is 14.7. The Morgan fingerprint density at radius 1 is 1.12 bits per heavy atom. The van der Waals surface area contributed by atoms with Crippen LogP contribution in [0.3, 0.4) is 0 Å². The maximum absolute atomic E-state index is 13.8. The van der Waals surface area contributed by atoms with Crippen molar-refractivity contribution in [2.45, 2.75) is 109 Å². The summed E-state index contributed by atoms with van der Waals surface area (Å²) in [4.78, 5) is 40.5. The standard InChI is InChI=1S/C25H44N2O6Si/c1-12-14-17(26-23(30)32-24(3,4)5)21(28)27-18(15-13-2)20(16-19(27)22(29)31-9)33-34(10,11)25(6,7)8/h12-13,17-20H,1-2,14-16H2,3-11H3,(H,26,30)/t17-,18?,19-,20-/m0/s1. The molecule has 0 saturated carbocycles. The van der Waals surface area contributed by atoms with Crippen LogP contribution in [0.25, 0.3) is 0 Å². The van der Waals surface area contributed by atoms with Crippen molar-refractivity contribution >= 4 is 26.3 Å². The molecule has 2 amide bonds. The molecule has 4 atom stereocenters. The molecule has 1 rings (SSSR count). The predicted molar refractivity (Wildman–Crippen MR) is 136 cm³/mol. The summed E-state index contributed by atoms with van der Waals surface area (Å²) in [5, 5.41) is 2.60. The van der Waals surface area contributed by atoms with E-state index in [4.69, 9.17) is 13.9 Å². The van der Waals surface area contributed by atoms with Crippen LogP contribution < -0.4 is 5.32 Å². The second-order valence-corrected chi connectivity index (χ2v) is 16.0. The number of alkyl carbamates (subject to hydrolysis) is 1. The number of hydrogen-bond donors (Lipinski definition) is 1. The van der Waals surface area contributed by atoms with E-state index in [0.717, 1.165) is 0 Å². The van der Waals surface area contributed by atoms with Crippen molar-refractivity contribution < 1.29 is 28.3 Å². The SMILES string of the molecule is C=CCC1[C@@H](O[Si](C)(C)C(C)(C)C)C[C@@H](C(=O)OC)N1C(=O)[C@H](CC=C)NC(=O)OC(C)(C)C. The van der Waals surface area contributed by atoms with E-state index in [0.29, 0.717) is 12.8 Å². The lowest BCUT2D eigenvalue weighted by Gasteiger charge is -2.40. The fraction of sp³-hybridized carbons (Fsp3) is 0.720. The van der Waals surface area contributed by atoms with Crippen LogP contribution >= 0.6 is 0 Å². The van der Waals surface area contributed by atoms with Crippen LogP contribution in [0.4, 0.5) is 4.79 Å². The summed E-state index contributed by atoms with van der Waals surface area (Å²) >= 11 is 0. The molecule has 194 valence electrons. The van der Waals surface area contributed by atoms with Gasteiger partial charge in [-0.25, -0.2) is 9.59 Å². The van der Waals surface area contributed by atoms with E-state index < -0.39 is 50.0 Å². The van der Waals surface area contributed by atoms with Gasteiger partial charge in [-0.1, -0.05) is 32.9 Å². The van der Waals surface area contributed by atoms with Gasteiger partial charge < -0.3 is 24.1 Å². The fourth-order valence-electron chi connectivity index (χ4n) is 3.70. The average Bonchev–Trinajstić information content (AvgIpc) is 3.02. The van der Waals surface area contributed by atoms with E-state index in [2.05, 4.69) is 52.3 Å². The summed E-state index contributed by atoms with van der Waals surface area (Å²) in [7, 11) is -0.904. The molecule has 1 aliphatic heterocycles. The average molecular weight is 497 g/mol. The third kappa shape index (κ3) is 7.70. The van der Waals surface area contributed by atoms with Crippen molar-refractivity contribution in [2.75, 3.05) is 7.11 Å². The van der Waals surface area contributed by atoms with Gasteiger partial charge in [0.25, 0.3) is 0 Å². The van der Waals surface area contributed by atoms with Crippen LogP contribution in [-0.2, 0) is 23.5 Å². The molecule has 8 nitrogen and oxygen atoms in total. The van der Waals surface area contributed by atoms with Crippen LogP contribution in [0.5, 0.6) is 0 Å². The molecule has 0 spiro atoms. The highest BCUT2D eigenvalue weighted by atomic mass is 28.4. The molecule has 1 saturated heterocycles. The van der Waals surface area contributed by atoms with Crippen LogP contribution in [0.15, 0.2) is 25.3 Å². The molecule has 0 aliphatic carbocycles. The maximum atomic E-state index is 13.8. The minimum atomic E-state index is -2.21. The molecule has 34 heavy (non-hydrogen) atoms. The number of ether oxygens (including phenoxy) is 2. The van der Waals surface area contributed by atoms with Crippen molar-refractivity contribution in [1.29, 1.82) is 0 Å². The van der Waals surface area contributed by atoms with Crippen molar-refractivity contribution in [1.82, 2.24) is 10.2 Å². The highest BCUT2D eigenvalue weighted by Gasteiger charge is 2.52. The predicted octanol–water partition coefficient (Wildman–Crippen LogP) is 4.56. The van der Waals surface area contributed by atoms with Crippen molar-refractivity contribution in [3.63, 3.8) is 0 Å². The number of nitrogens with one attached hydrogen (secondary N) is 1. The lowest BCUT2D eigenvalue weighted by molar-refractivity contribution is -0.153. The lowest BCUT2D eigenvalue weighted by Crippen LogP contribution is -2.56. The third-order valence-corrected chi connectivity index (χ3v) is 10.9. The largest absolute Gasteiger partial charge is 0.467 e. The fourth-order valence-corrected chi connectivity index (χ4v) is 5.06. The number of likely N-dealkylation sites (tertiary alicyclic amines) is 1. The minimum Gasteiger partial charge on any atom is -0.467 e. The topological polar surface area (TPSA) is 94.2 Å². The Morgan fingerprint density at radius 2 is 1.71 bits per heavy atom. The van der Waals surface area contributed by atoms with E-state index in [-0.39, 0.29) is 17.6 Å². The van der Waals surface area contributed by atoms with Gasteiger partial charge >= 0.3 is 12.1 Å².